The van der Waals surface area contributed by atoms with Crippen molar-refractivity contribution >= 4 is 10.9 Å². The molecule has 0 radical (unpaired) electrons. The maximum atomic E-state index is 9.11. The normalized spacial score (nSPS) is 15.0. The minimum absolute atomic E-state index is 0.798. The van der Waals surface area contributed by atoms with Gasteiger partial charge in [0.15, 0.2) is 0 Å². The van der Waals surface area contributed by atoms with Crippen molar-refractivity contribution in [2.24, 2.45) is 5.92 Å². The van der Waals surface area contributed by atoms with E-state index in [1.807, 2.05) is 24.4 Å². The van der Waals surface area contributed by atoms with Gasteiger partial charge in [-0.05, 0) is 24.8 Å². The Morgan fingerprint density at radius 2 is 2.12 bits per heavy atom. The average Bonchev–Trinajstić information content (AvgIpc) is 3.11. The first-order valence-corrected chi connectivity index (χ1v) is 6.36. The van der Waals surface area contributed by atoms with Crippen LogP contribution in [0.3, 0.4) is 0 Å². The molecule has 1 fully saturated rings. The van der Waals surface area contributed by atoms with Crippen LogP contribution in [0.5, 0.6) is 0 Å². The summed E-state index contributed by atoms with van der Waals surface area (Å²) in [7, 11) is 0. The number of nitriles is 1. The molecule has 17 heavy (non-hydrogen) atoms. The number of nitrogens with zero attached hydrogens (tertiary/aromatic N) is 2. The van der Waals surface area contributed by atoms with Crippen LogP contribution in [0.25, 0.3) is 10.9 Å². The Morgan fingerprint density at radius 1 is 1.29 bits per heavy atom. The topological polar surface area (TPSA) is 28.7 Å². The van der Waals surface area contributed by atoms with E-state index < -0.39 is 0 Å². The highest BCUT2D eigenvalue weighted by Crippen LogP contribution is 2.33. The SMILES string of the molecule is N#Cc1cn(CCCC2CC2)c2ccccc12. The van der Waals surface area contributed by atoms with Crippen LogP contribution in [-0.2, 0) is 6.54 Å². The monoisotopic (exact) mass is 224 g/mol. The van der Waals surface area contributed by atoms with E-state index in [0.717, 1.165) is 23.4 Å². The molecule has 0 unspecified atom stereocenters. The summed E-state index contributed by atoms with van der Waals surface area (Å²) >= 11 is 0. The van der Waals surface area contributed by atoms with Crippen molar-refractivity contribution < 1.29 is 0 Å². The highest BCUT2D eigenvalue weighted by Gasteiger charge is 2.20. The van der Waals surface area contributed by atoms with Gasteiger partial charge in [-0.3, -0.25) is 0 Å². The summed E-state index contributed by atoms with van der Waals surface area (Å²) in [6.45, 7) is 1.04. The number of aryl methyl sites for hydroxylation is 1. The first-order valence-electron chi connectivity index (χ1n) is 6.36. The highest BCUT2D eigenvalue weighted by molar-refractivity contribution is 5.86. The summed E-state index contributed by atoms with van der Waals surface area (Å²) in [6.07, 6.45) is 7.42. The highest BCUT2D eigenvalue weighted by atomic mass is 15.0. The van der Waals surface area contributed by atoms with Gasteiger partial charge in [0.25, 0.3) is 0 Å². The lowest BCUT2D eigenvalue weighted by molar-refractivity contribution is 0.588. The Morgan fingerprint density at radius 3 is 2.88 bits per heavy atom. The molecular weight excluding hydrogens is 208 g/mol. The van der Waals surface area contributed by atoms with Gasteiger partial charge in [-0.1, -0.05) is 31.0 Å². The third-order valence-corrected chi connectivity index (χ3v) is 3.62. The van der Waals surface area contributed by atoms with Gasteiger partial charge in [0.2, 0.25) is 0 Å². The molecule has 0 aliphatic heterocycles. The molecule has 1 aliphatic rings. The molecule has 3 rings (SSSR count). The molecule has 0 N–H and O–H groups in total. The van der Waals surface area contributed by atoms with Crippen molar-refractivity contribution in [2.45, 2.75) is 32.2 Å². The van der Waals surface area contributed by atoms with Crippen LogP contribution in [0.1, 0.15) is 31.2 Å². The molecule has 1 heterocycles. The Labute approximate surface area is 101 Å². The molecule has 0 bridgehead atoms. The molecular formula is C15H16N2. The Kier molecular flexibility index (Phi) is 2.60. The van der Waals surface area contributed by atoms with E-state index >= 15 is 0 Å². The maximum absolute atomic E-state index is 9.11. The molecule has 1 aromatic heterocycles. The van der Waals surface area contributed by atoms with E-state index in [1.165, 1.54) is 31.2 Å². The van der Waals surface area contributed by atoms with Gasteiger partial charge in [-0.25, -0.2) is 0 Å². The Hall–Kier alpha value is -1.75. The van der Waals surface area contributed by atoms with Gasteiger partial charge in [-0.15, -0.1) is 0 Å². The van der Waals surface area contributed by atoms with Crippen LogP contribution in [0.2, 0.25) is 0 Å². The number of para-hydroxylation sites is 1. The van der Waals surface area contributed by atoms with Crippen LogP contribution in [0.15, 0.2) is 30.5 Å². The van der Waals surface area contributed by atoms with Gasteiger partial charge in [0.1, 0.15) is 6.07 Å². The standard InChI is InChI=1S/C15H16N2/c16-10-13-11-17(9-3-4-12-7-8-12)15-6-2-1-5-14(13)15/h1-2,5-6,11-12H,3-4,7-9H2. The number of rotatable bonds is 4. The minimum atomic E-state index is 0.798. The number of hydrogen-bond acceptors (Lipinski definition) is 1. The number of aromatic nitrogens is 1. The lowest BCUT2D eigenvalue weighted by Crippen LogP contribution is -1.96. The van der Waals surface area contributed by atoms with Gasteiger partial charge in [0, 0.05) is 23.6 Å². The van der Waals surface area contributed by atoms with Crippen molar-refractivity contribution in [3.8, 4) is 6.07 Å². The molecule has 0 atom stereocenters. The van der Waals surface area contributed by atoms with Crippen molar-refractivity contribution in [3.05, 3.63) is 36.0 Å². The summed E-state index contributed by atoms with van der Waals surface area (Å²) in [5.74, 6) is 0.993. The van der Waals surface area contributed by atoms with Crippen molar-refractivity contribution in [1.82, 2.24) is 4.57 Å². The molecule has 0 amide bonds. The minimum Gasteiger partial charge on any atom is -0.346 e. The zero-order valence-corrected chi connectivity index (χ0v) is 9.89. The molecule has 2 aromatic rings. The Bertz CT molecular complexity index is 570. The lowest BCUT2D eigenvalue weighted by Gasteiger charge is -2.04. The molecule has 1 aromatic carbocycles. The summed E-state index contributed by atoms with van der Waals surface area (Å²) in [6, 6.07) is 10.5. The fourth-order valence-corrected chi connectivity index (χ4v) is 2.48. The Balaban J connectivity index is 1.84. The quantitative estimate of drug-likeness (QED) is 0.778. The third-order valence-electron chi connectivity index (χ3n) is 3.62. The number of benzene rings is 1. The summed E-state index contributed by atoms with van der Waals surface area (Å²) < 4.78 is 2.23. The van der Waals surface area contributed by atoms with Gasteiger partial charge >= 0.3 is 0 Å². The van der Waals surface area contributed by atoms with Crippen LogP contribution >= 0.6 is 0 Å². The molecule has 86 valence electrons. The second kappa shape index (κ2) is 4.25. The maximum Gasteiger partial charge on any atom is 0.101 e. The van der Waals surface area contributed by atoms with Crippen LogP contribution in [-0.4, -0.2) is 4.57 Å². The van der Waals surface area contributed by atoms with E-state index in [-0.39, 0.29) is 0 Å². The predicted octanol–water partition coefficient (Wildman–Crippen LogP) is 3.70. The van der Waals surface area contributed by atoms with Crippen LogP contribution in [0, 0.1) is 17.2 Å². The zero-order chi connectivity index (χ0) is 11.7. The first-order chi connectivity index (χ1) is 8.38. The smallest absolute Gasteiger partial charge is 0.101 e. The van der Waals surface area contributed by atoms with Crippen LogP contribution in [0.4, 0.5) is 0 Å². The molecule has 0 saturated heterocycles. The van der Waals surface area contributed by atoms with E-state index in [9.17, 15) is 0 Å². The second-order valence-corrected chi connectivity index (χ2v) is 4.95. The lowest BCUT2D eigenvalue weighted by atomic mass is 10.2. The van der Waals surface area contributed by atoms with Gasteiger partial charge in [-0.2, -0.15) is 5.26 Å². The first kappa shape index (κ1) is 10.4. The molecule has 2 heteroatoms. The second-order valence-electron chi connectivity index (χ2n) is 4.95. The van der Waals surface area contributed by atoms with Gasteiger partial charge in [0.05, 0.1) is 5.56 Å². The van der Waals surface area contributed by atoms with Crippen molar-refractivity contribution in [1.29, 1.82) is 5.26 Å². The van der Waals surface area contributed by atoms with E-state index in [2.05, 4.69) is 16.7 Å². The molecule has 2 nitrogen and oxygen atoms in total. The zero-order valence-electron chi connectivity index (χ0n) is 9.89. The summed E-state index contributed by atoms with van der Waals surface area (Å²) in [5, 5.41) is 10.2. The largest absolute Gasteiger partial charge is 0.346 e. The molecule has 0 spiro atoms. The van der Waals surface area contributed by atoms with Crippen molar-refractivity contribution in [3.63, 3.8) is 0 Å². The van der Waals surface area contributed by atoms with Gasteiger partial charge < -0.3 is 4.57 Å². The van der Waals surface area contributed by atoms with E-state index in [1.54, 1.807) is 0 Å². The fraction of sp³-hybridized carbons (Fsp3) is 0.400. The van der Waals surface area contributed by atoms with Crippen LogP contribution < -0.4 is 0 Å². The van der Waals surface area contributed by atoms with Crippen molar-refractivity contribution in [2.75, 3.05) is 0 Å². The molecule has 1 aliphatic carbocycles. The predicted molar refractivity (Wildman–Crippen MR) is 68.6 cm³/mol. The molecule has 1 saturated carbocycles. The van der Waals surface area contributed by atoms with E-state index in [4.69, 9.17) is 5.26 Å². The number of hydrogen-bond donors (Lipinski definition) is 0. The number of fused-ring (bicyclic) bond motifs is 1. The summed E-state index contributed by atoms with van der Waals surface area (Å²) in [5.41, 5.74) is 1.99. The average molecular weight is 224 g/mol. The third kappa shape index (κ3) is 2.06. The fourth-order valence-electron chi connectivity index (χ4n) is 2.48. The summed E-state index contributed by atoms with van der Waals surface area (Å²) in [4.78, 5) is 0. The van der Waals surface area contributed by atoms with E-state index in [0.29, 0.717) is 0 Å².